The first kappa shape index (κ1) is 26.7. The standard InChI is InChI=1S/C27H27F3N2O4S/c1-2-37(34,35)21-14-12-20(31-16-21)13-15-26(33)32-17-23(19-8-4-3-5-9-19)24(18-32)22-10-6-7-11-25(22)36-27(28,29)30/h3-12,14,16,23-24H,2,13,15,17-18H2,1H3. The van der Waals surface area contributed by atoms with Gasteiger partial charge in [-0.3, -0.25) is 9.78 Å². The van der Waals surface area contributed by atoms with Gasteiger partial charge in [0, 0.05) is 48.8 Å². The van der Waals surface area contributed by atoms with Crippen molar-refractivity contribution in [2.75, 3.05) is 18.8 Å². The number of pyridine rings is 1. The van der Waals surface area contributed by atoms with Crippen molar-refractivity contribution in [1.82, 2.24) is 9.88 Å². The Balaban J connectivity index is 1.52. The Morgan fingerprint density at radius 2 is 1.68 bits per heavy atom. The third-order valence-corrected chi connectivity index (χ3v) is 8.30. The van der Waals surface area contributed by atoms with Crippen LogP contribution in [0.25, 0.3) is 0 Å². The van der Waals surface area contributed by atoms with Gasteiger partial charge >= 0.3 is 6.36 Å². The Kier molecular flexibility index (Phi) is 7.87. The topological polar surface area (TPSA) is 76.6 Å². The molecule has 2 unspecified atom stereocenters. The molecule has 1 aliphatic heterocycles. The lowest BCUT2D eigenvalue weighted by Gasteiger charge is -2.22. The average molecular weight is 533 g/mol. The number of sulfone groups is 1. The number of halogens is 3. The van der Waals surface area contributed by atoms with Crippen LogP contribution in [0.3, 0.4) is 0 Å². The van der Waals surface area contributed by atoms with Crippen molar-refractivity contribution in [2.24, 2.45) is 0 Å². The highest BCUT2D eigenvalue weighted by Gasteiger charge is 2.40. The number of likely N-dealkylation sites (tertiary alicyclic amines) is 1. The molecule has 0 saturated carbocycles. The molecule has 0 bridgehead atoms. The van der Waals surface area contributed by atoms with Crippen LogP contribution in [-0.2, 0) is 21.1 Å². The number of benzene rings is 2. The number of ether oxygens (including phenoxy) is 1. The lowest BCUT2D eigenvalue weighted by Crippen LogP contribution is -2.29. The fraction of sp³-hybridized carbons (Fsp3) is 0.333. The van der Waals surface area contributed by atoms with Crippen molar-refractivity contribution < 1.29 is 31.1 Å². The fourth-order valence-corrected chi connectivity index (χ4v) is 5.49. The molecule has 196 valence electrons. The highest BCUT2D eigenvalue weighted by Crippen LogP contribution is 2.44. The van der Waals surface area contributed by atoms with Crippen LogP contribution in [0.4, 0.5) is 13.2 Å². The third-order valence-electron chi connectivity index (χ3n) is 6.58. The van der Waals surface area contributed by atoms with E-state index in [1.54, 1.807) is 30.0 Å². The van der Waals surface area contributed by atoms with Gasteiger partial charge in [0.25, 0.3) is 0 Å². The maximum Gasteiger partial charge on any atom is 0.573 e. The zero-order valence-electron chi connectivity index (χ0n) is 20.2. The van der Waals surface area contributed by atoms with Crippen LogP contribution < -0.4 is 4.74 Å². The summed E-state index contributed by atoms with van der Waals surface area (Å²) in [4.78, 5) is 19.1. The molecule has 3 aromatic rings. The molecule has 1 aliphatic rings. The first-order valence-corrected chi connectivity index (χ1v) is 13.6. The molecule has 10 heteroatoms. The lowest BCUT2D eigenvalue weighted by molar-refractivity contribution is -0.275. The molecule has 0 aliphatic carbocycles. The second-order valence-corrected chi connectivity index (χ2v) is 11.2. The number of para-hydroxylation sites is 1. The van der Waals surface area contributed by atoms with Crippen LogP contribution in [0.2, 0.25) is 0 Å². The van der Waals surface area contributed by atoms with Gasteiger partial charge in [0.05, 0.1) is 10.6 Å². The molecule has 2 heterocycles. The number of amides is 1. The van der Waals surface area contributed by atoms with Gasteiger partial charge in [-0.15, -0.1) is 13.2 Å². The van der Waals surface area contributed by atoms with Crippen molar-refractivity contribution in [3.05, 3.63) is 89.7 Å². The van der Waals surface area contributed by atoms with E-state index in [9.17, 15) is 26.4 Å². The normalized spacial score (nSPS) is 18.1. The number of alkyl halides is 3. The monoisotopic (exact) mass is 532 g/mol. The molecule has 2 aromatic carbocycles. The van der Waals surface area contributed by atoms with E-state index in [1.807, 2.05) is 30.3 Å². The number of rotatable bonds is 8. The zero-order valence-corrected chi connectivity index (χ0v) is 21.0. The van der Waals surface area contributed by atoms with E-state index in [4.69, 9.17) is 0 Å². The number of nitrogens with zero attached hydrogens (tertiary/aromatic N) is 2. The molecule has 0 N–H and O–H groups in total. The number of hydrogen-bond donors (Lipinski definition) is 0. The molecular weight excluding hydrogens is 505 g/mol. The first-order chi connectivity index (χ1) is 17.6. The largest absolute Gasteiger partial charge is 0.573 e. The van der Waals surface area contributed by atoms with Gasteiger partial charge in [-0.1, -0.05) is 55.5 Å². The fourth-order valence-electron chi connectivity index (χ4n) is 4.67. The molecule has 1 saturated heterocycles. The number of aromatic nitrogens is 1. The van der Waals surface area contributed by atoms with Gasteiger partial charge in [-0.25, -0.2) is 8.42 Å². The number of carbonyl (C=O) groups is 1. The Morgan fingerprint density at radius 3 is 2.32 bits per heavy atom. The summed E-state index contributed by atoms with van der Waals surface area (Å²) in [6, 6.07) is 18.6. The van der Waals surface area contributed by atoms with Crippen LogP contribution in [-0.4, -0.2) is 49.4 Å². The molecule has 37 heavy (non-hydrogen) atoms. The van der Waals surface area contributed by atoms with E-state index in [0.29, 0.717) is 24.2 Å². The number of hydrogen-bond acceptors (Lipinski definition) is 5. The SMILES string of the molecule is CCS(=O)(=O)c1ccc(CCC(=O)N2CC(c3ccccc3)C(c3ccccc3OC(F)(F)F)C2)nc1. The summed E-state index contributed by atoms with van der Waals surface area (Å²) in [5, 5.41) is 0. The highest BCUT2D eigenvalue weighted by molar-refractivity contribution is 7.91. The smallest absolute Gasteiger partial charge is 0.405 e. The summed E-state index contributed by atoms with van der Waals surface area (Å²) >= 11 is 0. The van der Waals surface area contributed by atoms with E-state index < -0.39 is 16.2 Å². The van der Waals surface area contributed by atoms with Gasteiger partial charge < -0.3 is 9.64 Å². The maximum atomic E-state index is 13.1. The minimum Gasteiger partial charge on any atom is -0.405 e. The predicted molar refractivity (Wildman–Crippen MR) is 132 cm³/mol. The van der Waals surface area contributed by atoms with Gasteiger partial charge in [0.15, 0.2) is 9.84 Å². The summed E-state index contributed by atoms with van der Waals surface area (Å²) in [6.45, 7) is 2.16. The van der Waals surface area contributed by atoms with Gasteiger partial charge in [0.1, 0.15) is 5.75 Å². The second-order valence-electron chi connectivity index (χ2n) is 8.90. The van der Waals surface area contributed by atoms with Crippen molar-refractivity contribution in [3.63, 3.8) is 0 Å². The molecular formula is C27H27F3N2O4S. The number of carbonyl (C=O) groups excluding carboxylic acids is 1. The molecule has 1 aromatic heterocycles. The van der Waals surface area contributed by atoms with Crippen LogP contribution in [0.15, 0.2) is 77.8 Å². The van der Waals surface area contributed by atoms with E-state index in [2.05, 4.69) is 9.72 Å². The molecule has 0 radical (unpaired) electrons. The molecule has 2 atom stereocenters. The Hall–Kier alpha value is -3.40. The average Bonchev–Trinajstić information content (AvgIpc) is 3.33. The Labute approximate surface area is 214 Å². The third kappa shape index (κ3) is 6.49. The molecule has 1 fully saturated rings. The van der Waals surface area contributed by atoms with Gasteiger partial charge in [-0.05, 0) is 30.2 Å². The van der Waals surface area contributed by atoms with Crippen molar-refractivity contribution >= 4 is 15.7 Å². The summed E-state index contributed by atoms with van der Waals surface area (Å²) in [5.74, 6) is -1.03. The summed E-state index contributed by atoms with van der Waals surface area (Å²) in [6.07, 6.45) is -3.07. The minimum absolute atomic E-state index is 0.0254. The Bertz CT molecular complexity index is 1330. The van der Waals surface area contributed by atoms with Crippen molar-refractivity contribution in [1.29, 1.82) is 0 Å². The van der Waals surface area contributed by atoms with Gasteiger partial charge in [-0.2, -0.15) is 0 Å². The van der Waals surface area contributed by atoms with Crippen LogP contribution in [0, 0.1) is 0 Å². The quantitative estimate of drug-likeness (QED) is 0.403. The summed E-state index contributed by atoms with van der Waals surface area (Å²) in [7, 11) is -3.36. The van der Waals surface area contributed by atoms with E-state index in [0.717, 1.165) is 5.56 Å². The van der Waals surface area contributed by atoms with Gasteiger partial charge in [0.2, 0.25) is 5.91 Å². The number of aryl methyl sites for hydroxylation is 1. The highest BCUT2D eigenvalue weighted by atomic mass is 32.2. The summed E-state index contributed by atoms with van der Waals surface area (Å²) in [5.41, 5.74) is 1.92. The van der Waals surface area contributed by atoms with E-state index in [1.165, 1.54) is 24.4 Å². The molecule has 4 rings (SSSR count). The molecule has 0 spiro atoms. The molecule has 6 nitrogen and oxygen atoms in total. The van der Waals surface area contributed by atoms with Crippen molar-refractivity contribution in [3.8, 4) is 5.75 Å². The summed E-state index contributed by atoms with van der Waals surface area (Å²) < 4.78 is 67.5. The molecule has 1 amide bonds. The van der Waals surface area contributed by atoms with E-state index in [-0.39, 0.29) is 47.1 Å². The maximum absolute atomic E-state index is 13.1. The van der Waals surface area contributed by atoms with Crippen molar-refractivity contribution in [2.45, 2.75) is 42.9 Å². The second kappa shape index (κ2) is 10.9. The lowest BCUT2D eigenvalue weighted by atomic mass is 9.84. The van der Waals surface area contributed by atoms with Crippen LogP contribution in [0.5, 0.6) is 5.75 Å². The Morgan fingerprint density at radius 1 is 1.00 bits per heavy atom. The minimum atomic E-state index is -4.83. The van der Waals surface area contributed by atoms with Crippen LogP contribution >= 0.6 is 0 Å². The van der Waals surface area contributed by atoms with Crippen LogP contribution in [0.1, 0.15) is 42.0 Å². The first-order valence-electron chi connectivity index (χ1n) is 11.9. The zero-order chi connectivity index (χ0) is 26.6. The van der Waals surface area contributed by atoms with E-state index >= 15 is 0 Å². The predicted octanol–water partition coefficient (Wildman–Crippen LogP) is 5.12.